The summed E-state index contributed by atoms with van der Waals surface area (Å²) < 4.78 is 23.1. The van der Waals surface area contributed by atoms with Crippen LogP contribution in [0, 0.1) is 0 Å². The third-order valence-corrected chi connectivity index (χ3v) is 6.00. The van der Waals surface area contributed by atoms with Gasteiger partial charge in [-0.05, 0) is 18.6 Å². The molecule has 0 bridgehead atoms. The molecule has 1 aromatic carbocycles. The lowest BCUT2D eigenvalue weighted by Crippen LogP contribution is -2.15. The highest BCUT2D eigenvalue weighted by Gasteiger charge is 2.24. The number of rotatable bonds is 3. The van der Waals surface area contributed by atoms with Gasteiger partial charge in [0.2, 0.25) is 0 Å². The zero-order valence-corrected chi connectivity index (χ0v) is 10.2. The number of alkyl halides is 1. The Bertz CT molecular complexity index is 417. The minimum Gasteiger partial charge on any atom is -0.398 e. The van der Waals surface area contributed by atoms with Gasteiger partial charge in [-0.1, -0.05) is 35.0 Å². The predicted octanol–water partition coefficient (Wildman–Crippen LogP) is 2.17. The first-order valence-corrected chi connectivity index (χ1v) is 6.68. The largest absolute Gasteiger partial charge is 0.398 e. The van der Waals surface area contributed by atoms with Crippen molar-refractivity contribution in [2.75, 3.05) is 5.73 Å². The van der Waals surface area contributed by atoms with Gasteiger partial charge in [-0.15, -0.1) is 0 Å². The van der Waals surface area contributed by atoms with Crippen LogP contribution in [-0.4, -0.2) is 12.6 Å². The molecule has 14 heavy (non-hydrogen) atoms. The van der Waals surface area contributed by atoms with Crippen LogP contribution in [0.25, 0.3) is 0 Å². The number of hydrogen-bond acceptors (Lipinski definition) is 3. The highest BCUT2D eigenvalue weighted by molar-refractivity contribution is 9.11. The first-order chi connectivity index (χ1) is 6.50. The molecule has 0 fully saturated rings. The fourth-order valence-electron chi connectivity index (χ4n) is 1.10. The van der Waals surface area contributed by atoms with Crippen LogP contribution < -0.4 is 5.73 Å². The van der Waals surface area contributed by atoms with Crippen molar-refractivity contribution in [1.29, 1.82) is 0 Å². The van der Waals surface area contributed by atoms with Crippen molar-refractivity contribution in [2.45, 2.75) is 22.4 Å². The van der Waals surface area contributed by atoms with E-state index in [4.69, 9.17) is 5.73 Å². The van der Waals surface area contributed by atoms with E-state index in [2.05, 4.69) is 15.9 Å². The molecule has 0 aliphatic carbocycles. The van der Waals surface area contributed by atoms with E-state index in [0.717, 1.165) is 0 Å². The minimum atomic E-state index is -3.33. The molecule has 3 nitrogen and oxygen atoms in total. The molecule has 1 rings (SSSR count). The molecule has 0 aliphatic rings. The number of sulfone groups is 1. The summed E-state index contributed by atoms with van der Waals surface area (Å²) >= 11 is 3.13. The maximum absolute atomic E-state index is 11.9. The maximum atomic E-state index is 11.9. The van der Waals surface area contributed by atoms with E-state index in [0.29, 0.717) is 12.1 Å². The molecule has 0 heterocycles. The van der Waals surface area contributed by atoms with Gasteiger partial charge < -0.3 is 5.73 Å². The molecule has 0 saturated heterocycles. The highest BCUT2D eigenvalue weighted by Crippen LogP contribution is 2.26. The molecular weight excluding hydrogens is 266 g/mol. The zero-order valence-electron chi connectivity index (χ0n) is 7.77. The lowest BCUT2D eigenvalue weighted by atomic mass is 10.3. The second-order valence-corrected chi connectivity index (χ2v) is 6.71. The Morgan fingerprint density at radius 2 is 2.00 bits per heavy atom. The van der Waals surface area contributed by atoms with Gasteiger partial charge in [-0.2, -0.15) is 0 Å². The predicted molar refractivity (Wildman–Crippen MR) is 61.0 cm³/mol. The van der Waals surface area contributed by atoms with Crippen molar-refractivity contribution in [3.05, 3.63) is 24.3 Å². The van der Waals surface area contributed by atoms with Gasteiger partial charge in [0, 0.05) is 0 Å². The second kappa shape index (κ2) is 4.31. The number of anilines is 1. The maximum Gasteiger partial charge on any atom is 0.193 e. The van der Waals surface area contributed by atoms with Crippen LogP contribution in [-0.2, 0) is 9.84 Å². The average molecular weight is 278 g/mol. The van der Waals surface area contributed by atoms with Gasteiger partial charge in [0.15, 0.2) is 9.84 Å². The summed E-state index contributed by atoms with van der Waals surface area (Å²) in [6.45, 7) is 1.80. The molecule has 2 N–H and O–H groups in total. The minimum absolute atomic E-state index is 0.198. The lowest BCUT2D eigenvalue weighted by Gasteiger charge is -2.10. The molecule has 0 saturated carbocycles. The Kier molecular flexibility index (Phi) is 3.55. The van der Waals surface area contributed by atoms with Gasteiger partial charge in [0.1, 0.15) is 4.16 Å². The lowest BCUT2D eigenvalue weighted by molar-refractivity contribution is 0.592. The van der Waals surface area contributed by atoms with Crippen LogP contribution in [0.1, 0.15) is 13.3 Å². The number of nitrogen functional groups attached to an aromatic ring is 1. The first kappa shape index (κ1) is 11.5. The molecule has 0 spiro atoms. The number of hydrogen-bond donors (Lipinski definition) is 1. The van der Waals surface area contributed by atoms with Gasteiger partial charge in [-0.25, -0.2) is 8.42 Å². The van der Waals surface area contributed by atoms with Gasteiger partial charge in [-0.3, -0.25) is 0 Å². The van der Waals surface area contributed by atoms with Crippen LogP contribution in [0.15, 0.2) is 29.2 Å². The van der Waals surface area contributed by atoms with Crippen LogP contribution in [0.3, 0.4) is 0 Å². The average Bonchev–Trinajstić information content (AvgIpc) is 2.17. The molecule has 78 valence electrons. The topological polar surface area (TPSA) is 60.2 Å². The van der Waals surface area contributed by atoms with Crippen molar-refractivity contribution in [2.24, 2.45) is 0 Å². The summed E-state index contributed by atoms with van der Waals surface area (Å²) in [6, 6.07) is 6.49. The SMILES string of the molecule is CCC(Br)S(=O)(=O)c1ccccc1N. The standard InChI is InChI=1S/C9H12BrNO2S/c1-2-9(10)14(12,13)8-6-4-3-5-7(8)11/h3-6,9H,2,11H2,1H3. The summed E-state index contributed by atoms with van der Waals surface area (Å²) in [7, 11) is -3.33. The van der Waals surface area contributed by atoms with Gasteiger partial charge in [0.25, 0.3) is 0 Å². The summed E-state index contributed by atoms with van der Waals surface area (Å²) in [6.07, 6.45) is 0.511. The van der Waals surface area contributed by atoms with E-state index in [9.17, 15) is 8.42 Å². The molecule has 0 aromatic heterocycles. The van der Waals surface area contributed by atoms with Crippen molar-refractivity contribution in [1.82, 2.24) is 0 Å². The van der Waals surface area contributed by atoms with E-state index >= 15 is 0 Å². The monoisotopic (exact) mass is 277 g/mol. The Balaban J connectivity index is 3.24. The fraction of sp³-hybridized carbons (Fsp3) is 0.333. The molecule has 0 aliphatic heterocycles. The van der Waals surface area contributed by atoms with Crippen LogP contribution in [0.5, 0.6) is 0 Å². The Morgan fingerprint density at radius 1 is 1.43 bits per heavy atom. The van der Waals surface area contributed by atoms with Crippen molar-refractivity contribution in [3.63, 3.8) is 0 Å². The van der Waals surface area contributed by atoms with Gasteiger partial charge >= 0.3 is 0 Å². The van der Waals surface area contributed by atoms with E-state index in [1.54, 1.807) is 25.1 Å². The molecule has 0 amide bonds. The molecule has 1 atom stereocenters. The van der Waals surface area contributed by atoms with Crippen LogP contribution in [0.2, 0.25) is 0 Å². The zero-order chi connectivity index (χ0) is 10.8. The molecule has 5 heteroatoms. The molecular formula is C9H12BrNO2S. The summed E-state index contributed by atoms with van der Waals surface area (Å²) in [5.41, 5.74) is 5.90. The van der Waals surface area contributed by atoms with E-state index in [1.165, 1.54) is 6.07 Å². The fourth-order valence-corrected chi connectivity index (χ4v) is 3.08. The van der Waals surface area contributed by atoms with Crippen molar-refractivity contribution in [3.8, 4) is 0 Å². The molecule has 1 unspecified atom stereocenters. The molecule has 1 aromatic rings. The summed E-state index contributed by atoms with van der Waals surface area (Å²) in [5, 5.41) is 0. The Labute approximate surface area is 92.4 Å². The Morgan fingerprint density at radius 3 is 2.50 bits per heavy atom. The third-order valence-electron chi connectivity index (χ3n) is 1.88. The van der Waals surface area contributed by atoms with Crippen LogP contribution in [0.4, 0.5) is 5.69 Å². The quantitative estimate of drug-likeness (QED) is 0.681. The number of halogens is 1. The smallest absolute Gasteiger partial charge is 0.193 e. The number of nitrogens with two attached hydrogens (primary N) is 1. The van der Waals surface area contributed by atoms with Crippen LogP contribution >= 0.6 is 15.9 Å². The second-order valence-electron chi connectivity index (χ2n) is 2.90. The first-order valence-electron chi connectivity index (χ1n) is 4.22. The molecule has 0 radical (unpaired) electrons. The third kappa shape index (κ3) is 2.09. The normalized spacial score (nSPS) is 13.9. The Hall–Kier alpha value is -0.550. The van der Waals surface area contributed by atoms with E-state index in [1.807, 2.05) is 0 Å². The highest BCUT2D eigenvalue weighted by atomic mass is 79.9. The summed E-state index contributed by atoms with van der Waals surface area (Å²) in [4.78, 5) is 0.198. The summed E-state index contributed by atoms with van der Waals surface area (Å²) in [5.74, 6) is 0. The van der Waals surface area contributed by atoms with E-state index in [-0.39, 0.29) is 4.90 Å². The van der Waals surface area contributed by atoms with Gasteiger partial charge in [0.05, 0.1) is 10.6 Å². The number of benzene rings is 1. The number of para-hydroxylation sites is 1. The van der Waals surface area contributed by atoms with Crippen molar-refractivity contribution < 1.29 is 8.42 Å². The van der Waals surface area contributed by atoms with E-state index < -0.39 is 14.0 Å². The van der Waals surface area contributed by atoms with Crippen molar-refractivity contribution >= 4 is 31.5 Å².